The number of thioether (sulfide) groups is 1. The SMILES string of the molecule is CN(O)C(=O)CSCc1ccccc1. The van der Waals surface area contributed by atoms with Gasteiger partial charge in [0.2, 0.25) is 0 Å². The third-order valence-corrected chi connectivity index (χ3v) is 2.69. The fourth-order valence-corrected chi connectivity index (χ4v) is 1.82. The van der Waals surface area contributed by atoms with Crippen molar-refractivity contribution in [2.45, 2.75) is 5.75 Å². The number of benzene rings is 1. The molecule has 1 amide bonds. The van der Waals surface area contributed by atoms with Crippen LogP contribution in [0.2, 0.25) is 0 Å². The molecule has 0 bridgehead atoms. The first-order valence-electron chi connectivity index (χ1n) is 4.27. The molecule has 1 rings (SSSR count). The summed E-state index contributed by atoms with van der Waals surface area (Å²) in [5, 5.41) is 9.41. The van der Waals surface area contributed by atoms with Crippen LogP contribution >= 0.6 is 11.8 Å². The lowest BCUT2D eigenvalue weighted by molar-refractivity contribution is -0.155. The van der Waals surface area contributed by atoms with E-state index in [2.05, 4.69) is 0 Å². The molecule has 1 aromatic rings. The van der Waals surface area contributed by atoms with Crippen molar-refractivity contribution in [3.8, 4) is 0 Å². The van der Waals surface area contributed by atoms with Crippen LogP contribution in [0.15, 0.2) is 30.3 Å². The first kappa shape index (κ1) is 11.1. The number of amides is 1. The van der Waals surface area contributed by atoms with E-state index >= 15 is 0 Å². The molecule has 4 heteroatoms. The van der Waals surface area contributed by atoms with Gasteiger partial charge in [-0.15, -0.1) is 11.8 Å². The Kier molecular flexibility index (Phi) is 4.49. The maximum atomic E-state index is 11.0. The van der Waals surface area contributed by atoms with E-state index in [1.807, 2.05) is 30.3 Å². The zero-order valence-corrected chi connectivity index (χ0v) is 8.83. The number of carbonyl (C=O) groups is 1. The van der Waals surface area contributed by atoms with Crippen LogP contribution in [-0.4, -0.2) is 29.0 Å². The summed E-state index contributed by atoms with van der Waals surface area (Å²) in [7, 11) is 1.34. The van der Waals surface area contributed by atoms with Crippen molar-refractivity contribution in [2.24, 2.45) is 0 Å². The Morgan fingerprint density at radius 2 is 2.07 bits per heavy atom. The summed E-state index contributed by atoms with van der Waals surface area (Å²) < 4.78 is 0. The summed E-state index contributed by atoms with van der Waals surface area (Å²) in [4.78, 5) is 11.0. The number of carbonyl (C=O) groups excluding carboxylic acids is 1. The molecular weight excluding hydrogens is 198 g/mol. The number of hydrogen-bond acceptors (Lipinski definition) is 3. The first-order valence-corrected chi connectivity index (χ1v) is 5.42. The molecule has 0 aliphatic heterocycles. The van der Waals surface area contributed by atoms with Gasteiger partial charge in [-0.25, -0.2) is 5.06 Å². The predicted molar refractivity (Wildman–Crippen MR) is 57.2 cm³/mol. The minimum atomic E-state index is -0.272. The van der Waals surface area contributed by atoms with Gasteiger partial charge in [0.15, 0.2) is 0 Å². The first-order chi connectivity index (χ1) is 6.70. The molecular formula is C10H13NO2S. The third kappa shape index (κ3) is 3.81. The second-order valence-corrected chi connectivity index (χ2v) is 3.88. The molecule has 0 saturated carbocycles. The van der Waals surface area contributed by atoms with Crippen LogP contribution in [0, 0.1) is 0 Å². The Hall–Kier alpha value is -1.00. The lowest BCUT2D eigenvalue weighted by Gasteiger charge is -2.07. The summed E-state index contributed by atoms with van der Waals surface area (Å²) in [5.41, 5.74) is 1.19. The summed E-state index contributed by atoms with van der Waals surface area (Å²) >= 11 is 1.49. The quantitative estimate of drug-likeness (QED) is 0.609. The van der Waals surface area contributed by atoms with Crippen molar-refractivity contribution in [3.05, 3.63) is 35.9 Å². The van der Waals surface area contributed by atoms with E-state index in [1.54, 1.807) is 0 Å². The van der Waals surface area contributed by atoms with E-state index in [0.717, 1.165) is 5.75 Å². The van der Waals surface area contributed by atoms with E-state index in [4.69, 9.17) is 5.21 Å². The molecule has 14 heavy (non-hydrogen) atoms. The molecule has 1 aromatic carbocycles. The Labute approximate surface area is 87.7 Å². The van der Waals surface area contributed by atoms with Crippen molar-refractivity contribution >= 4 is 17.7 Å². The van der Waals surface area contributed by atoms with Gasteiger partial charge < -0.3 is 0 Å². The van der Waals surface area contributed by atoms with Gasteiger partial charge in [0.25, 0.3) is 5.91 Å². The Morgan fingerprint density at radius 3 is 2.64 bits per heavy atom. The molecule has 0 atom stereocenters. The van der Waals surface area contributed by atoms with Crippen LogP contribution in [0.5, 0.6) is 0 Å². The average Bonchev–Trinajstić information content (AvgIpc) is 2.19. The molecule has 0 saturated heterocycles. The monoisotopic (exact) mass is 211 g/mol. The highest BCUT2D eigenvalue weighted by Gasteiger charge is 2.04. The van der Waals surface area contributed by atoms with Crippen molar-refractivity contribution in [3.63, 3.8) is 0 Å². The summed E-state index contributed by atoms with van der Waals surface area (Å²) in [6, 6.07) is 9.92. The maximum absolute atomic E-state index is 11.0. The van der Waals surface area contributed by atoms with E-state index in [1.165, 1.54) is 24.4 Å². The molecule has 0 fully saturated rings. The zero-order chi connectivity index (χ0) is 10.4. The highest BCUT2D eigenvalue weighted by molar-refractivity contribution is 7.99. The zero-order valence-electron chi connectivity index (χ0n) is 8.01. The van der Waals surface area contributed by atoms with Crippen molar-refractivity contribution in [2.75, 3.05) is 12.8 Å². The van der Waals surface area contributed by atoms with Crippen molar-refractivity contribution in [1.29, 1.82) is 0 Å². The summed E-state index contributed by atoms with van der Waals surface area (Å²) in [6.45, 7) is 0. The molecule has 0 aromatic heterocycles. The summed E-state index contributed by atoms with van der Waals surface area (Å²) in [6.07, 6.45) is 0. The normalized spacial score (nSPS) is 9.86. The smallest absolute Gasteiger partial charge is 0.255 e. The molecule has 76 valence electrons. The Bertz CT molecular complexity index is 287. The van der Waals surface area contributed by atoms with Gasteiger partial charge >= 0.3 is 0 Å². The number of nitrogens with zero attached hydrogens (tertiary/aromatic N) is 1. The van der Waals surface area contributed by atoms with Gasteiger partial charge in [0.1, 0.15) is 0 Å². The molecule has 0 aliphatic carbocycles. The standard InChI is InChI=1S/C10H13NO2S/c1-11(13)10(12)8-14-7-9-5-3-2-4-6-9/h2-6,13H,7-8H2,1H3. The Balaban J connectivity index is 2.26. The van der Waals surface area contributed by atoms with E-state index in [9.17, 15) is 4.79 Å². The number of hydrogen-bond donors (Lipinski definition) is 1. The topological polar surface area (TPSA) is 40.5 Å². The molecule has 3 nitrogen and oxygen atoms in total. The van der Waals surface area contributed by atoms with Gasteiger partial charge in [-0.05, 0) is 5.56 Å². The maximum Gasteiger partial charge on any atom is 0.255 e. The second kappa shape index (κ2) is 5.67. The third-order valence-electron chi connectivity index (χ3n) is 1.70. The van der Waals surface area contributed by atoms with Crippen LogP contribution < -0.4 is 0 Å². The van der Waals surface area contributed by atoms with Crippen LogP contribution in [0.1, 0.15) is 5.56 Å². The van der Waals surface area contributed by atoms with Gasteiger partial charge in [-0.3, -0.25) is 10.0 Å². The average molecular weight is 211 g/mol. The summed E-state index contributed by atoms with van der Waals surface area (Å²) in [5.74, 6) is 0.827. The van der Waals surface area contributed by atoms with E-state index < -0.39 is 0 Å². The van der Waals surface area contributed by atoms with E-state index in [0.29, 0.717) is 10.8 Å². The van der Waals surface area contributed by atoms with Crippen molar-refractivity contribution in [1.82, 2.24) is 5.06 Å². The fourth-order valence-electron chi connectivity index (χ4n) is 0.924. The van der Waals surface area contributed by atoms with Gasteiger partial charge in [0, 0.05) is 12.8 Å². The largest absolute Gasteiger partial charge is 0.286 e. The lowest BCUT2D eigenvalue weighted by atomic mass is 10.2. The highest BCUT2D eigenvalue weighted by atomic mass is 32.2. The lowest BCUT2D eigenvalue weighted by Crippen LogP contribution is -2.24. The minimum absolute atomic E-state index is 0.272. The van der Waals surface area contributed by atoms with E-state index in [-0.39, 0.29) is 5.91 Å². The van der Waals surface area contributed by atoms with Gasteiger partial charge in [-0.2, -0.15) is 0 Å². The molecule has 0 aliphatic rings. The number of rotatable bonds is 4. The Morgan fingerprint density at radius 1 is 1.43 bits per heavy atom. The molecule has 0 spiro atoms. The van der Waals surface area contributed by atoms with Gasteiger partial charge in [-0.1, -0.05) is 30.3 Å². The highest BCUT2D eigenvalue weighted by Crippen LogP contribution is 2.11. The van der Waals surface area contributed by atoms with Gasteiger partial charge in [0.05, 0.1) is 5.75 Å². The van der Waals surface area contributed by atoms with Crippen LogP contribution in [0.25, 0.3) is 0 Å². The van der Waals surface area contributed by atoms with Crippen LogP contribution in [-0.2, 0) is 10.5 Å². The van der Waals surface area contributed by atoms with Crippen LogP contribution in [0.4, 0.5) is 0 Å². The molecule has 0 heterocycles. The molecule has 1 N–H and O–H groups in total. The second-order valence-electron chi connectivity index (χ2n) is 2.90. The minimum Gasteiger partial charge on any atom is -0.286 e. The van der Waals surface area contributed by atoms with Crippen LogP contribution in [0.3, 0.4) is 0 Å². The van der Waals surface area contributed by atoms with Crippen molar-refractivity contribution < 1.29 is 10.0 Å². The molecule has 0 radical (unpaired) electrons. The number of hydroxylamine groups is 2. The fraction of sp³-hybridized carbons (Fsp3) is 0.300. The molecule has 0 unspecified atom stereocenters. The predicted octanol–water partition coefficient (Wildman–Crippen LogP) is 1.77.